The first kappa shape index (κ1) is 12.2. The lowest BCUT2D eigenvalue weighted by atomic mass is 10.0. The van der Waals surface area contributed by atoms with Crippen molar-refractivity contribution in [2.24, 2.45) is 5.73 Å². The number of hydrogen-bond acceptors (Lipinski definition) is 2. The summed E-state index contributed by atoms with van der Waals surface area (Å²) in [6, 6.07) is 1.81. The van der Waals surface area contributed by atoms with Crippen molar-refractivity contribution < 1.29 is 0 Å². The second-order valence-corrected chi connectivity index (χ2v) is 5.43. The van der Waals surface area contributed by atoms with Gasteiger partial charge in [0.2, 0.25) is 0 Å². The van der Waals surface area contributed by atoms with Gasteiger partial charge in [-0.3, -0.25) is 4.98 Å². The fourth-order valence-corrected chi connectivity index (χ4v) is 2.36. The van der Waals surface area contributed by atoms with Crippen LogP contribution in [-0.4, -0.2) is 11.5 Å². The molecule has 0 amide bonds. The SMILES string of the molecule is NCC1(c2ncc(C=C(Cl)Cl)cc2Cl)CC1. The zero-order chi connectivity index (χ0) is 11.8. The van der Waals surface area contributed by atoms with Crippen LogP contribution in [0.15, 0.2) is 16.8 Å². The molecule has 1 aliphatic rings. The van der Waals surface area contributed by atoms with Crippen molar-refractivity contribution in [3.05, 3.63) is 33.0 Å². The number of rotatable bonds is 3. The van der Waals surface area contributed by atoms with E-state index >= 15 is 0 Å². The van der Waals surface area contributed by atoms with Gasteiger partial charge in [-0.15, -0.1) is 0 Å². The van der Waals surface area contributed by atoms with Gasteiger partial charge in [-0.1, -0.05) is 34.8 Å². The van der Waals surface area contributed by atoms with E-state index in [1.807, 2.05) is 6.07 Å². The monoisotopic (exact) mass is 276 g/mol. The molecule has 1 heterocycles. The van der Waals surface area contributed by atoms with E-state index in [1.54, 1.807) is 12.3 Å². The van der Waals surface area contributed by atoms with Crippen molar-refractivity contribution in [2.45, 2.75) is 18.3 Å². The van der Waals surface area contributed by atoms with Crippen LogP contribution in [0, 0.1) is 0 Å². The highest BCUT2D eigenvalue weighted by Gasteiger charge is 2.45. The number of pyridine rings is 1. The fraction of sp³-hybridized carbons (Fsp3) is 0.364. The van der Waals surface area contributed by atoms with E-state index in [-0.39, 0.29) is 9.91 Å². The largest absolute Gasteiger partial charge is 0.330 e. The third-order valence-corrected chi connectivity index (χ3v) is 3.39. The van der Waals surface area contributed by atoms with Crippen LogP contribution >= 0.6 is 34.8 Å². The molecule has 0 saturated heterocycles. The van der Waals surface area contributed by atoms with E-state index in [4.69, 9.17) is 40.5 Å². The van der Waals surface area contributed by atoms with Gasteiger partial charge in [0.25, 0.3) is 0 Å². The zero-order valence-electron chi connectivity index (χ0n) is 8.51. The van der Waals surface area contributed by atoms with Crippen LogP contribution < -0.4 is 5.73 Å². The molecule has 16 heavy (non-hydrogen) atoms. The van der Waals surface area contributed by atoms with Crippen molar-refractivity contribution >= 4 is 40.9 Å². The summed E-state index contributed by atoms with van der Waals surface area (Å²) in [5, 5.41) is 0.631. The van der Waals surface area contributed by atoms with E-state index in [0.717, 1.165) is 24.1 Å². The van der Waals surface area contributed by atoms with Gasteiger partial charge < -0.3 is 5.73 Å². The Hall–Kier alpha value is -0.280. The summed E-state index contributed by atoms with van der Waals surface area (Å²) < 4.78 is 0.186. The predicted molar refractivity (Wildman–Crippen MR) is 68.9 cm³/mol. The molecule has 0 atom stereocenters. The molecule has 2 rings (SSSR count). The normalized spacial score (nSPS) is 17.0. The quantitative estimate of drug-likeness (QED) is 0.918. The lowest BCUT2D eigenvalue weighted by Gasteiger charge is -2.13. The Morgan fingerprint density at radius 2 is 2.19 bits per heavy atom. The van der Waals surface area contributed by atoms with E-state index in [1.165, 1.54) is 0 Å². The molecule has 1 fully saturated rings. The third-order valence-electron chi connectivity index (χ3n) is 2.88. The minimum atomic E-state index is 0.00405. The summed E-state index contributed by atoms with van der Waals surface area (Å²) >= 11 is 17.3. The molecule has 0 unspecified atom stereocenters. The maximum atomic E-state index is 6.18. The highest BCUT2D eigenvalue weighted by atomic mass is 35.5. The van der Waals surface area contributed by atoms with Crippen molar-refractivity contribution in [1.82, 2.24) is 4.98 Å². The Morgan fingerprint density at radius 3 is 2.62 bits per heavy atom. The number of aromatic nitrogens is 1. The van der Waals surface area contributed by atoms with Crippen molar-refractivity contribution in [3.63, 3.8) is 0 Å². The molecule has 1 aromatic heterocycles. The van der Waals surface area contributed by atoms with Gasteiger partial charge in [0.05, 0.1) is 10.7 Å². The molecule has 5 heteroatoms. The Kier molecular flexibility index (Phi) is 3.45. The van der Waals surface area contributed by atoms with E-state index in [2.05, 4.69) is 4.98 Å². The molecule has 1 aromatic rings. The average Bonchev–Trinajstić information content (AvgIpc) is 2.97. The van der Waals surface area contributed by atoms with Gasteiger partial charge in [-0.2, -0.15) is 0 Å². The molecule has 0 aromatic carbocycles. The topological polar surface area (TPSA) is 38.9 Å². The van der Waals surface area contributed by atoms with Gasteiger partial charge in [0.15, 0.2) is 0 Å². The van der Waals surface area contributed by atoms with Crippen LogP contribution in [0.5, 0.6) is 0 Å². The van der Waals surface area contributed by atoms with Crippen LogP contribution in [0.3, 0.4) is 0 Å². The maximum Gasteiger partial charge on any atom is 0.107 e. The fourth-order valence-electron chi connectivity index (χ4n) is 1.74. The molecule has 0 spiro atoms. The van der Waals surface area contributed by atoms with Crippen LogP contribution in [0.1, 0.15) is 24.1 Å². The Balaban J connectivity index is 2.34. The van der Waals surface area contributed by atoms with Gasteiger partial charge in [0.1, 0.15) is 4.49 Å². The van der Waals surface area contributed by atoms with Gasteiger partial charge in [0, 0.05) is 18.2 Å². The van der Waals surface area contributed by atoms with Gasteiger partial charge in [-0.05, 0) is 30.5 Å². The van der Waals surface area contributed by atoms with Crippen molar-refractivity contribution in [2.75, 3.05) is 6.54 Å². The molecular weight excluding hydrogens is 266 g/mol. The molecule has 0 radical (unpaired) electrons. The Morgan fingerprint density at radius 1 is 1.50 bits per heavy atom. The molecule has 0 bridgehead atoms. The summed E-state index contributed by atoms with van der Waals surface area (Å²) in [6.45, 7) is 0.588. The highest BCUT2D eigenvalue weighted by Crippen LogP contribution is 2.48. The summed E-state index contributed by atoms with van der Waals surface area (Å²) in [4.78, 5) is 4.36. The molecule has 0 aliphatic heterocycles. The number of hydrogen-bond donors (Lipinski definition) is 1. The average molecular weight is 278 g/mol. The minimum Gasteiger partial charge on any atom is -0.330 e. The number of halogens is 3. The molecule has 1 aliphatic carbocycles. The Labute approximate surface area is 109 Å². The summed E-state index contributed by atoms with van der Waals surface area (Å²) in [5.74, 6) is 0. The molecular formula is C11H11Cl3N2. The van der Waals surface area contributed by atoms with Crippen LogP contribution in [0.4, 0.5) is 0 Å². The summed E-state index contributed by atoms with van der Waals surface area (Å²) in [5.41, 5.74) is 7.42. The molecule has 2 nitrogen and oxygen atoms in total. The molecule has 2 N–H and O–H groups in total. The third kappa shape index (κ3) is 2.35. The summed E-state index contributed by atoms with van der Waals surface area (Å²) in [6.07, 6.45) is 5.43. The van der Waals surface area contributed by atoms with Gasteiger partial charge >= 0.3 is 0 Å². The zero-order valence-corrected chi connectivity index (χ0v) is 10.8. The van der Waals surface area contributed by atoms with Crippen LogP contribution in [0.2, 0.25) is 5.02 Å². The Bertz CT molecular complexity index is 435. The predicted octanol–water partition coefficient (Wildman–Crippen LogP) is 3.50. The standard InChI is InChI=1S/C11H11Cl3N2/c12-8-3-7(4-9(13)14)5-16-10(8)11(6-15)1-2-11/h3-5H,1-2,6,15H2. The number of nitrogens with two attached hydrogens (primary N) is 1. The first-order chi connectivity index (χ1) is 7.57. The lowest BCUT2D eigenvalue weighted by molar-refractivity contribution is 0.678. The van der Waals surface area contributed by atoms with Crippen LogP contribution in [-0.2, 0) is 5.41 Å². The first-order valence-corrected chi connectivity index (χ1v) is 6.09. The van der Waals surface area contributed by atoms with Crippen molar-refractivity contribution in [3.8, 4) is 0 Å². The van der Waals surface area contributed by atoms with Gasteiger partial charge in [-0.25, -0.2) is 0 Å². The molecule has 86 valence electrons. The van der Waals surface area contributed by atoms with Crippen LogP contribution in [0.25, 0.3) is 6.08 Å². The van der Waals surface area contributed by atoms with Crippen molar-refractivity contribution in [1.29, 1.82) is 0 Å². The molecule has 1 saturated carbocycles. The minimum absolute atomic E-state index is 0.00405. The second kappa shape index (κ2) is 4.53. The van der Waals surface area contributed by atoms with E-state index in [9.17, 15) is 0 Å². The highest BCUT2D eigenvalue weighted by molar-refractivity contribution is 6.57. The summed E-state index contributed by atoms with van der Waals surface area (Å²) in [7, 11) is 0. The van der Waals surface area contributed by atoms with E-state index in [0.29, 0.717) is 11.6 Å². The lowest BCUT2D eigenvalue weighted by Crippen LogP contribution is -2.21. The smallest absolute Gasteiger partial charge is 0.107 e. The first-order valence-electron chi connectivity index (χ1n) is 4.96. The van der Waals surface area contributed by atoms with E-state index < -0.39 is 0 Å². The second-order valence-electron chi connectivity index (χ2n) is 4.02. The maximum absolute atomic E-state index is 6.18. The number of nitrogens with zero attached hydrogens (tertiary/aromatic N) is 1.